The van der Waals surface area contributed by atoms with Gasteiger partial charge in [-0.3, -0.25) is 14.9 Å². The van der Waals surface area contributed by atoms with E-state index in [2.05, 4.69) is 5.32 Å². The average Bonchev–Trinajstić information content (AvgIpc) is 2.60. The summed E-state index contributed by atoms with van der Waals surface area (Å²) in [5.41, 5.74) is 1.13. The van der Waals surface area contributed by atoms with Gasteiger partial charge in [0.1, 0.15) is 12.4 Å². The molecule has 1 saturated heterocycles. The average molecular weight is 326 g/mol. The van der Waals surface area contributed by atoms with E-state index in [4.69, 9.17) is 4.74 Å². The van der Waals surface area contributed by atoms with Crippen LogP contribution in [0, 0.1) is 10.1 Å². The molecule has 0 saturated carbocycles. The standard InChI is InChI=1S/C18H18N2O4/c21-18-10-14(13-5-2-1-3-6-13)9-15(19-18)12-24-17-8-4-7-16(11-17)20(22)23/h1-8,11,14-15H,9-10,12H2,(H,19,21)/t14-,15+/m1/s1. The number of nitro benzene ring substituents is 1. The molecule has 0 spiro atoms. The summed E-state index contributed by atoms with van der Waals surface area (Å²) in [5.74, 6) is 0.599. The number of ether oxygens (including phenoxy) is 1. The highest BCUT2D eigenvalue weighted by Crippen LogP contribution is 2.28. The Morgan fingerprint density at radius 3 is 2.71 bits per heavy atom. The van der Waals surface area contributed by atoms with Crippen LogP contribution in [-0.2, 0) is 4.79 Å². The second kappa shape index (κ2) is 7.12. The highest BCUT2D eigenvalue weighted by atomic mass is 16.6. The van der Waals surface area contributed by atoms with E-state index in [-0.39, 0.29) is 30.2 Å². The van der Waals surface area contributed by atoms with E-state index >= 15 is 0 Å². The third kappa shape index (κ3) is 3.90. The van der Waals surface area contributed by atoms with Gasteiger partial charge in [0, 0.05) is 12.5 Å². The van der Waals surface area contributed by atoms with Crippen molar-refractivity contribution in [3.63, 3.8) is 0 Å². The van der Waals surface area contributed by atoms with Crippen LogP contribution in [0.15, 0.2) is 54.6 Å². The van der Waals surface area contributed by atoms with Crippen LogP contribution in [0.25, 0.3) is 0 Å². The van der Waals surface area contributed by atoms with Crippen LogP contribution in [0.3, 0.4) is 0 Å². The van der Waals surface area contributed by atoms with E-state index in [1.165, 1.54) is 12.1 Å². The Labute approximate surface area is 139 Å². The number of nitro groups is 1. The molecule has 1 N–H and O–H groups in total. The number of piperidine rings is 1. The molecule has 1 fully saturated rings. The van der Waals surface area contributed by atoms with E-state index < -0.39 is 4.92 Å². The number of non-ortho nitro benzene ring substituents is 1. The molecular formula is C18H18N2O4. The van der Waals surface area contributed by atoms with E-state index in [0.717, 1.165) is 12.0 Å². The summed E-state index contributed by atoms with van der Waals surface area (Å²) < 4.78 is 5.65. The van der Waals surface area contributed by atoms with Crippen molar-refractivity contribution in [2.75, 3.05) is 6.61 Å². The molecule has 0 radical (unpaired) electrons. The zero-order valence-corrected chi connectivity index (χ0v) is 13.1. The van der Waals surface area contributed by atoms with E-state index in [9.17, 15) is 14.9 Å². The van der Waals surface area contributed by atoms with Crippen molar-refractivity contribution in [3.05, 3.63) is 70.3 Å². The monoisotopic (exact) mass is 326 g/mol. The maximum absolute atomic E-state index is 12.0. The van der Waals surface area contributed by atoms with Crippen LogP contribution in [0.4, 0.5) is 5.69 Å². The number of nitrogens with zero attached hydrogens (tertiary/aromatic N) is 1. The molecule has 124 valence electrons. The van der Waals surface area contributed by atoms with Gasteiger partial charge < -0.3 is 10.1 Å². The number of benzene rings is 2. The quantitative estimate of drug-likeness (QED) is 0.676. The lowest BCUT2D eigenvalue weighted by atomic mass is 9.86. The summed E-state index contributed by atoms with van der Waals surface area (Å²) in [6.45, 7) is 0.288. The van der Waals surface area contributed by atoms with Crippen LogP contribution in [0.1, 0.15) is 24.3 Å². The zero-order chi connectivity index (χ0) is 16.9. The fourth-order valence-corrected chi connectivity index (χ4v) is 2.97. The van der Waals surface area contributed by atoms with Gasteiger partial charge in [0.05, 0.1) is 17.0 Å². The van der Waals surface area contributed by atoms with Gasteiger partial charge in [-0.1, -0.05) is 36.4 Å². The van der Waals surface area contributed by atoms with Gasteiger partial charge in [0.25, 0.3) is 5.69 Å². The van der Waals surface area contributed by atoms with Crippen molar-refractivity contribution in [2.24, 2.45) is 0 Å². The highest BCUT2D eigenvalue weighted by Gasteiger charge is 2.28. The first-order valence-corrected chi connectivity index (χ1v) is 7.83. The number of nitrogens with one attached hydrogen (secondary N) is 1. The molecule has 2 aromatic rings. The second-order valence-electron chi connectivity index (χ2n) is 5.88. The molecule has 24 heavy (non-hydrogen) atoms. The second-order valence-corrected chi connectivity index (χ2v) is 5.88. The molecule has 6 heteroatoms. The first-order chi connectivity index (χ1) is 11.6. The lowest BCUT2D eigenvalue weighted by Gasteiger charge is -2.30. The molecule has 3 rings (SSSR count). The number of hydrogen-bond acceptors (Lipinski definition) is 4. The molecule has 1 amide bonds. The number of carbonyl (C=O) groups excluding carboxylic acids is 1. The molecule has 1 heterocycles. The van der Waals surface area contributed by atoms with Gasteiger partial charge in [-0.25, -0.2) is 0 Å². The van der Waals surface area contributed by atoms with Crippen LogP contribution >= 0.6 is 0 Å². The third-order valence-corrected chi connectivity index (χ3v) is 4.12. The fraction of sp³-hybridized carbons (Fsp3) is 0.278. The molecular weight excluding hydrogens is 308 g/mol. The molecule has 2 aromatic carbocycles. The Kier molecular flexibility index (Phi) is 4.74. The lowest BCUT2D eigenvalue weighted by Crippen LogP contribution is -2.44. The summed E-state index contributed by atoms with van der Waals surface area (Å²) in [7, 11) is 0. The van der Waals surface area contributed by atoms with Crippen molar-refractivity contribution < 1.29 is 14.5 Å². The van der Waals surface area contributed by atoms with Crippen molar-refractivity contribution in [1.82, 2.24) is 5.32 Å². The van der Waals surface area contributed by atoms with Gasteiger partial charge in [0.15, 0.2) is 0 Å². The smallest absolute Gasteiger partial charge is 0.273 e. The molecule has 0 bridgehead atoms. The largest absolute Gasteiger partial charge is 0.491 e. The van der Waals surface area contributed by atoms with E-state index in [1.807, 2.05) is 30.3 Å². The lowest BCUT2D eigenvalue weighted by molar-refractivity contribution is -0.384. The topological polar surface area (TPSA) is 81.5 Å². The van der Waals surface area contributed by atoms with Crippen molar-refractivity contribution in [3.8, 4) is 5.75 Å². The van der Waals surface area contributed by atoms with Gasteiger partial charge in [-0.2, -0.15) is 0 Å². The van der Waals surface area contributed by atoms with E-state index in [0.29, 0.717) is 12.2 Å². The van der Waals surface area contributed by atoms with Crippen molar-refractivity contribution in [2.45, 2.75) is 24.8 Å². The Bertz CT molecular complexity index is 733. The third-order valence-electron chi connectivity index (χ3n) is 4.12. The van der Waals surface area contributed by atoms with Crippen molar-refractivity contribution in [1.29, 1.82) is 0 Å². The predicted molar refractivity (Wildman–Crippen MR) is 88.9 cm³/mol. The fourth-order valence-electron chi connectivity index (χ4n) is 2.97. The number of amides is 1. The van der Waals surface area contributed by atoms with Crippen LogP contribution < -0.4 is 10.1 Å². The van der Waals surface area contributed by atoms with Gasteiger partial charge in [-0.15, -0.1) is 0 Å². The molecule has 2 atom stereocenters. The van der Waals surface area contributed by atoms with Crippen LogP contribution in [0.5, 0.6) is 5.75 Å². The Hall–Kier alpha value is -2.89. The Balaban J connectivity index is 1.63. The SMILES string of the molecule is O=C1C[C@H](c2ccccc2)C[C@@H](COc2cccc([N+](=O)[O-])c2)N1. The number of carbonyl (C=O) groups is 1. The minimum atomic E-state index is -0.458. The van der Waals surface area contributed by atoms with E-state index in [1.54, 1.807) is 12.1 Å². The molecule has 0 aliphatic carbocycles. The number of hydrogen-bond donors (Lipinski definition) is 1. The molecule has 6 nitrogen and oxygen atoms in total. The summed E-state index contributed by atoms with van der Waals surface area (Å²) >= 11 is 0. The molecule has 1 aliphatic heterocycles. The molecule has 1 aliphatic rings. The molecule has 0 unspecified atom stereocenters. The predicted octanol–water partition coefficient (Wildman–Crippen LogP) is 3.04. The Morgan fingerprint density at radius 1 is 1.17 bits per heavy atom. The minimum Gasteiger partial charge on any atom is -0.491 e. The van der Waals surface area contributed by atoms with Gasteiger partial charge >= 0.3 is 0 Å². The Morgan fingerprint density at radius 2 is 1.96 bits per heavy atom. The maximum Gasteiger partial charge on any atom is 0.273 e. The van der Waals surface area contributed by atoms with Crippen molar-refractivity contribution >= 4 is 11.6 Å². The van der Waals surface area contributed by atoms with Gasteiger partial charge in [0.2, 0.25) is 5.91 Å². The number of rotatable bonds is 5. The minimum absolute atomic E-state index is 0.00254. The highest BCUT2D eigenvalue weighted by molar-refractivity contribution is 5.78. The summed E-state index contributed by atoms with van der Waals surface area (Å²) in [5, 5.41) is 13.7. The summed E-state index contributed by atoms with van der Waals surface area (Å²) in [6, 6.07) is 15.9. The summed E-state index contributed by atoms with van der Waals surface area (Å²) in [4.78, 5) is 22.3. The first-order valence-electron chi connectivity index (χ1n) is 7.83. The first kappa shape index (κ1) is 16.0. The molecule has 0 aromatic heterocycles. The van der Waals surface area contributed by atoms with Gasteiger partial charge in [-0.05, 0) is 24.0 Å². The maximum atomic E-state index is 12.0. The normalized spacial score (nSPS) is 20.2. The summed E-state index contributed by atoms with van der Waals surface area (Å²) in [6.07, 6.45) is 1.25. The zero-order valence-electron chi connectivity index (χ0n) is 13.1. The van der Waals surface area contributed by atoms with Crippen LogP contribution in [0.2, 0.25) is 0 Å². The van der Waals surface area contributed by atoms with Crippen LogP contribution in [-0.4, -0.2) is 23.5 Å².